The molecule has 0 atom stereocenters. The maximum Gasteiger partial charge on any atom is 0.344 e. The van der Waals surface area contributed by atoms with Crippen LogP contribution in [0.25, 0.3) is 6.08 Å². The average molecular weight is 475 g/mol. The Balaban J connectivity index is 1.70. The van der Waals surface area contributed by atoms with Gasteiger partial charge in [-0.15, -0.1) is 0 Å². The highest BCUT2D eigenvalue weighted by Gasteiger charge is 2.36. The first-order valence-corrected chi connectivity index (χ1v) is 10.8. The molecule has 32 heavy (non-hydrogen) atoms. The maximum absolute atomic E-state index is 12.7. The van der Waals surface area contributed by atoms with Crippen molar-refractivity contribution >= 4 is 58.1 Å². The summed E-state index contributed by atoms with van der Waals surface area (Å²) in [6, 6.07) is 13.4. The minimum absolute atomic E-state index is 0.132. The molecule has 166 valence electrons. The van der Waals surface area contributed by atoms with Crippen LogP contribution in [0.1, 0.15) is 12.5 Å². The van der Waals surface area contributed by atoms with Gasteiger partial charge in [-0.1, -0.05) is 41.9 Å². The summed E-state index contributed by atoms with van der Waals surface area (Å²) in [5.41, 5.74) is 0.886. The van der Waals surface area contributed by atoms with Crippen LogP contribution in [0.4, 0.5) is 10.5 Å². The van der Waals surface area contributed by atoms with E-state index < -0.39 is 29.6 Å². The van der Waals surface area contributed by atoms with Gasteiger partial charge in [0.25, 0.3) is 11.1 Å². The third kappa shape index (κ3) is 5.89. The number of hydrogen-bond acceptors (Lipinski definition) is 7. The van der Waals surface area contributed by atoms with Gasteiger partial charge < -0.3 is 14.8 Å². The van der Waals surface area contributed by atoms with Crippen LogP contribution in [0, 0.1) is 0 Å². The lowest BCUT2D eigenvalue weighted by atomic mass is 10.2. The number of halogens is 1. The lowest BCUT2D eigenvalue weighted by molar-refractivity contribution is -0.145. The number of hydrogen-bond donors (Lipinski definition) is 1. The molecule has 1 N–H and O–H groups in total. The number of carbonyl (C=O) groups excluding carboxylic acids is 4. The molecular formula is C22H19ClN2O6S. The molecule has 2 aromatic rings. The molecular weight excluding hydrogens is 456 g/mol. The quantitative estimate of drug-likeness (QED) is 0.456. The Morgan fingerprint density at radius 3 is 2.59 bits per heavy atom. The van der Waals surface area contributed by atoms with E-state index in [2.05, 4.69) is 5.32 Å². The third-order valence-corrected chi connectivity index (χ3v) is 5.42. The SMILES string of the molecule is CCOC(=O)COc1ccccc1/C=C1/SC(=O)N(CC(=O)Nc2ccccc2Cl)C1=O. The predicted molar refractivity (Wildman–Crippen MR) is 121 cm³/mol. The van der Waals surface area contributed by atoms with Crippen LogP contribution in [0.2, 0.25) is 5.02 Å². The highest BCUT2D eigenvalue weighted by Crippen LogP contribution is 2.34. The highest BCUT2D eigenvalue weighted by molar-refractivity contribution is 8.18. The molecule has 0 aliphatic carbocycles. The summed E-state index contributed by atoms with van der Waals surface area (Å²) in [4.78, 5) is 49.9. The second-order valence-corrected chi connectivity index (χ2v) is 7.83. The molecule has 0 aromatic heterocycles. The average Bonchev–Trinajstić information content (AvgIpc) is 3.02. The number of amides is 3. The molecule has 1 aliphatic rings. The van der Waals surface area contributed by atoms with Crippen molar-refractivity contribution in [1.29, 1.82) is 0 Å². The van der Waals surface area contributed by atoms with E-state index in [0.717, 1.165) is 4.90 Å². The van der Waals surface area contributed by atoms with Gasteiger partial charge in [-0.3, -0.25) is 19.3 Å². The van der Waals surface area contributed by atoms with E-state index in [1.165, 1.54) is 6.08 Å². The standard InChI is InChI=1S/C22H19ClN2O6S/c1-2-30-20(27)13-31-17-10-6-3-7-14(17)11-18-21(28)25(22(29)32-18)12-19(26)24-16-9-5-4-8-15(16)23/h3-11H,2,12-13H2,1H3,(H,24,26)/b18-11+. The smallest absolute Gasteiger partial charge is 0.344 e. The topological polar surface area (TPSA) is 102 Å². The van der Waals surface area contributed by atoms with Crippen molar-refractivity contribution in [2.75, 3.05) is 25.1 Å². The van der Waals surface area contributed by atoms with Gasteiger partial charge in [-0.25, -0.2) is 4.79 Å². The predicted octanol–water partition coefficient (Wildman–Crippen LogP) is 3.96. The van der Waals surface area contributed by atoms with Crippen molar-refractivity contribution < 1.29 is 28.7 Å². The number of esters is 1. The van der Waals surface area contributed by atoms with E-state index in [9.17, 15) is 19.2 Å². The lowest BCUT2D eigenvalue weighted by Gasteiger charge is -2.13. The molecule has 1 heterocycles. The van der Waals surface area contributed by atoms with Gasteiger partial charge in [0.2, 0.25) is 5.91 Å². The zero-order chi connectivity index (χ0) is 23.1. The number of benzene rings is 2. The number of nitrogens with one attached hydrogen (secondary N) is 1. The first-order valence-electron chi connectivity index (χ1n) is 9.56. The number of nitrogens with zero attached hydrogens (tertiary/aromatic N) is 1. The maximum atomic E-state index is 12.7. The van der Waals surface area contributed by atoms with Crippen molar-refractivity contribution in [3.05, 3.63) is 64.0 Å². The molecule has 0 unspecified atom stereocenters. The Bertz CT molecular complexity index is 1090. The van der Waals surface area contributed by atoms with E-state index in [0.29, 0.717) is 33.8 Å². The van der Waals surface area contributed by atoms with Crippen LogP contribution < -0.4 is 10.1 Å². The van der Waals surface area contributed by atoms with Crippen molar-refractivity contribution in [3.8, 4) is 5.75 Å². The largest absolute Gasteiger partial charge is 0.481 e. The fourth-order valence-corrected chi connectivity index (χ4v) is 3.76. The fourth-order valence-electron chi connectivity index (χ4n) is 2.74. The summed E-state index contributed by atoms with van der Waals surface area (Å²) in [6.45, 7) is 1.19. The van der Waals surface area contributed by atoms with Gasteiger partial charge >= 0.3 is 5.97 Å². The van der Waals surface area contributed by atoms with Crippen LogP contribution >= 0.6 is 23.4 Å². The minimum atomic E-state index is -0.602. The van der Waals surface area contributed by atoms with Crippen molar-refractivity contribution in [3.63, 3.8) is 0 Å². The molecule has 0 radical (unpaired) electrons. The zero-order valence-electron chi connectivity index (χ0n) is 17.0. The Morgan fingerprint density at radius 1 is 1.12 bits per heavy atom. The third-order valence-electron chi connectivity index (χ3n) is 4.18. The molecule has 0 saturated carbocycles. The van der Waals surface area contributed by atoms with Gasteiger partial charge in [-0.2, -0.15) is 0 Å². The van der Waals surface area contributed by atoms with Crippen molar-refractivity contribution in [2.45, 2.75) is 6.92 Å². The van der Waals surface area contributed by atoms with E-state index in [4.69, 9.17) is 21.1 Å². The summed E-state index contributed by atoms with van der Waals surface area (Å²) in [5, 5.41) is 2.35. The van der Waals surface area contributed by atoms with Crippen molar-refractivity contribution in [2.24, 2.45) is 0 Å². The van der Waals surface area contributed by atoms with Gasteiger partial charge in [-0.05, 0) is 43.0 Å². The fraction of sp³-hybridized carbons (Fsp3) is 0.182. The number of imide groups is 1. The Morgan fingerprint density at radius 2 is 1.84 bits per heavy atom. The zero-order valence-corrected chi connectivity index (χ0v) is 18.6. The molecule has 1 saturated heterocycles. The Kier molecular flexibility index (Phi) is 7.91. The van der Waals surface area contributed by atoms with Gasteiger partial charge in [0.15, 0.2) is 6.61 Å². The van der Waals surface area contributed by atoms with Gasteiger partial charge in [0, 0.05) is 5.56 Å². The Labute approximate surface area is 193 Å². The van der Waals surface area contributed by atoms with Crippen LogP contribution in [0.3, 0.4) is 0 Å². The number of para-hydroxylation sites is 2. The molecule has 0 bridgehead atoms. The molecule has 0 spiro atoms. The first kappa shape index (κ1) is 23.4. The van der Waals surface area contributed by atoms with Crippen molar-refractivity contribution in [1.82, 2.24) is 4.90 Å². The number of thioether (sulfide) groups is 1. The van der Waals surface area contributed by atoms with E-state index >= 15 is 0 Å². The summed E-state index contributed by atoms with van der Waals surface area (Å²) >= 11 is 6.73. The second kappa shape index (κ2) is 10.8. The first-order chi connectivity index (χ1) is 15.4. The van der Waals surface area contributed by atoms with Crippen LogP contribution in [-0.4, -0.2) is 47.7 Å². The van der Waals surface area contributed by atoms with Crippen LogP contribution in [0.15, 0.2) is 53.4 Å². The molecule has 2 aromatic carbocycles. The van der Waals surface area contributed by atoms with Gasteiger partial charge in [0.05, 0.1) is 22.2 Å². The molecule has 8 nitrogen and oxygen atoms in total. The van der Waals surface area contributed by atoms with E-state index in [-0.39, 0.29) is 18.1 Å². The molecule has 10 heteroatoms. The lowest BCUT2D eigenvalue weighted by Crippen LogP contribution is -2.36. The Hall–Kier alpha value is -3.30. The second-order valence-electron chi connectivity index (χ2n) is 6.43. The monoisotopic (exact) mass is 474 g/mol. The summed E-state index contributed by atoms with van der Waals surface area (Å²) in [5.74, 6) is -1.33. The molecule has 3 rings (SSSR count). The van der Waals surface area contributed by atoms with E-state index in [1.807, 2.05) is 0 Å². The summed E-state index contributed by atoms with van der Waals surface area (Å²) in [7, 11) is 0. The number of ether oxygens (including phenoxy) is 2. The summed E-state index contributed by atoms with van der Waals surface area (Å²) < 4.78 is 10.3. The number of anilines is 1. The number of carbonyl (C=O) groups is 4. The van der Waals surface area contributed by atoms with Crippen LogP contribution in [0.5, 0.6) is 5.75 Å². The summed E-state index contributed by atoms with van der Waals surface area (Å²) in [6.07, 6.45) is 1.48. The normalized spacial score (nSPS) is 14.6. The molecule has 1 aliphatic heterocycles. The highest BCUT2D eigenvalue weighted by atomic mass is 35.5. The van der Waals surface area contributed by atoms with Gasteiger partial charge in [0.1, 0.15) is 12.3 Å². The minimum Gasteiger partial charge on any atom is -0.481 e. The van der Waals surface area contributed by atoms with Crippen LogP contribution in [-0.2, 0) is 19.1 Å². The molecule has 3 amide bonds. The van der Waals surface area contributed by atoms with E-state index in [1.54, 1.807) is 55.5 Å². The number of rotatable bonds is 8. The molecule has 1 fully saturated rings.